The van der Waals surface area contributed by atoms with Crippen molar-refractivity contribution in [3.8, 4) is 0 Å². The molecule has 1 N–H and O–H groups in total. The number of fused-ring (bicyclic) bond motifs is 1. The zero-order chi connectivity index (χ0) is 13.9. The molecule has 0 amide bonds. The van der Waals surface area contributed by atoms with E-state index >= 15 is 0 Å². The third-order valence-electron chi connectivity index (χ3n) is 3.80. The Kier molecular flexibility index (Phi) is 5.02. The van der Waals surface area contributed by atoms with Crippen molar-refractivity contribution >= 4 is 45.5 Å². The predicted molar refractivity (Wildman–Crippen MR) is 95.9 cm³/mol. The Hall–Kier alpha value is -0.100. The first-order valence-electron chi connectivity index (χ1n) is 6.98. The van der Waals surface area contributed by atoms with Gasteiger partial charge in [-0.2, -0.15) is 0 Å². The van der Waals surface area contributed by atoms with Gasteiger partial charge in [0.05, 0.1) is 2.88 Å². The highest BCUT2D eigenvalue weighted by molar-refractivity contribution is 14.1. The lowest BCUT2D eigenvalue weighted by atomic mass is 9.94. The van der Waals surface area contributed by atoms with Gasteiger partial charge in [0.2, 0.25) is 0 Å². The molecule has 0 bridgehead atoms. The smallest absolute Gasteiger partial charge is 0.0659 e. The number of nitrogens with one attached hydrogen (secondary N) is 1. The molecule has 4 heteroatoms. The van der Waals surface area contributed by atoms with E-state index in [4.69, 9.17) is 11.6 Å². The van der Waals surface area contributed by atoms with E-state index in [1.54, 1.807) is 10.4 Å². The maximum atomic E-state index is 5.91. The van der Waals surface area contributed by atoms with Crippen molar-refractivity contribution in [1.82, 2.24) is 5.32 Å². The van der Waals surface area contributed by atoms with Crippen LogP contribution in [0.3, 0.4) is 0 Å². The third-order valence-corrected chi connectivity index (χ3v) is 6.02. The first kappa shape index (κ1) is 14.8. The maximum Gasteiger partial charge on any atom is 0.0659 e. The molecule has 1 atom stereocenters. The molecular weight excluding hydrogens is 401 g/mol. The summed E-state index contributed by atoms with van der Waals surface area (Å²) in [6, 6.07) is 11.1. The SMILES string of the molecule is Clc1ccc(CCNC2CCCc3sc(I)cc32)cc1. The molecule has 0 aliphatic heterocycles. The first-order chi connectivity index (χ1) is 9.72. The molecule has 1 unspecified atom stereocenters. The van der Waals surface area contributed by atoms with E-state index in [1.165, 1.54) is 27.7 Å². The number of aryl methyl sites for hydroxylation is 1. The van der Waals surface area contributed by atoms with Crippen LogP contribution >= 0.6 is 45.5 Å². The normalized spacial score (nSPS) is 18.0. The second-order valence-electron chi connectivity index (χ2n) is 5.20. The summed E-state index contributed by atoms with van der Waals surface area (Å²) in [5, 5.41) is 4.54. The summed E-state index contributed by atoms with van der Waals surface area (Å²) in [4.78, 5) is 1.59. The summed E-state index contributed by atoms with van der Waals surface area (Å²) in [5.41, 5.74) is 2.89. The number of thiophene rings is 1. The number of halogens is 2. The van der Waals surface area contributed by atoms with Crippen molar-refractivity contribution < 1.29 is 0 Å². The largest absolute Gasteiger partial charge is 0.310 e. The zero-order valence-corrected chi connectivity index (χ0v) is 14.9. The van der Waals surface area contributed by atoms with Gasteiger partial charge in [0.25, 0.3) is 0 Å². The van der Waals surface area contributed by atoms with Gasteiger partial charge in [0.15, 0.2) is 0 Å². The standard InChI is InChI=1S/C16H17ClINS/c17-12-6-4-11(5-7-12)8-9-19-14-2-1-3-15-13(14)10-16(18)20-15/h4-7,10,14,19H,1-3,8-9H2. The Morgan fingerprint density at radius 2 is 2.10 bits per heavy atom. The molecule has 0 spiro atoms. The monoisotopic (exact) mass is 417 g/mol. The van der Waals surface area contributed by atoms with Gasteiger partial charge in [-0.15, -0.1) is 11.3 Å². The van der Waals surface area contributed by atoms with Crippen LogP contribution in [0.5, 0.6) is 0 Å². The number of benzene rings is 1. The van der Waals surface area contributed by atoms with Crippen LogP contribution in [0, 0.1) is 2.88 Å². The zero-order valence-electron chi connectivity index (χ0n) is 11.2. The molecule has 1 aromatic heterocycles. The average Bonchev–Trinajstić information content (AvgIpc) is 2.82. The van der Waals surface area contributed by atoms with Gasteiger partial charge in [0.1, 0.15) is 0 Å². The second kappa shape index (κ2) is 6.77. The third kappa shape index (κ3) is 3.56. The molecule has 2 aromatic rings. The van der Waals surface area contributed by atoms with Gasteiger partial charge in [-0.1, -0.05) is 23.7 Å². The minimum absolute atomic E-state index is 0.547. The quantitative estimate of drug-likeness (QED) is 0.673. The fraction of sp³-hybridized carbons (Fsp3) is 0.375. The van der Waals surface area contributed by atoms with E-state index in [0.29, 0.717) is 6.04 Å². The Morgan fingerprint density at radius 1 is 1.30 bits per heavy atom. The van der Waals surface area contributed by atoms with Crippen molar-refractivity contribution in [3.63, 3.8) is 0 Å². The number of hydrogen-bond donors (Lipinski definition) is 1. The second-order valence-corrected chi connectivity index (χ2v) is 8.67. The summed E-state index contributed by atoms with van der Waals surface area (Å²) in [7, 11) is 0. The molecule has 0 fully saturated rings. The fourth-order valence-electron chi connectivity index (χ4n) is 2.78. The lowest BCUT2D eigenvalue weighted by molar-refractivity contribution is 0.467. The van der Waals surface area contributed by atoms with E-state index in [2.05, 4.69) is 46.1 Å². The van der Waals surface area contributed by atoms with E-state index in [1.807, 2.05) is 23.5 Å². The molecule has 1 heterocycles. The molecule has 1 aliphatic rings. The van der Waals surface area contributed by atoms with Crippen molar-refractivity contribution in [3.05, 3.63) is 54.2 Å². The van der Waals surface area contributed by atoms with Crippen molar-refractivity contribution in [2.75, 3.05) is 6.54 Å². The van der Waals surface area contributed by atoms with Gasteiger partial charge in [-0.05, 0) is 84.1 Å². The van der Waals surface area contributed by atoms with Crippen LogP contribution in [0.15, 0.2) is 30.3 Å². The molecule has 1 aliphatic carbocycles. The summed E-state index contributed by atoms with van der Waals surface area (Å²) in [6.07, 6.45) is 4.89. The van der Waals surface area contributed by atoms with Crippen LogP contribution in [-0.4, -0.2) is 6.54 Å². The molecule has 0 radical (unpaired) electrons. The maximum absolute atomic E-state index is 5.91. The highest BCUT2D eigenvalue weighted by Gasteiger charge is 2.21. The Balaban J connectivity index is 1.58. The van der Waals surface area contributed by atoms with Crippen LogP contribution in [0.25, 0.3) is 0 Å². The van der Waals surface area contributed by atoms with Gasteiger partial charge in [-0.3, -0.25) is 0 Å². The molecule has 0 saturated heterocycles. The number of rotatable bonds is 4. The van der Waals surface area contributed by atoms with Crippen LogP contribution in [0.4, 0.5) is 0 Å². The molecule has 0 saturated carbocycles. The molecule has 1 nitrogen and oxygen atoms in total. The van der Waals surface area contributed by atoms with Gasteiger partial charge >= 0.3 is 0 Å². The molecule has 106 valence electrons. The highest BCUT2D eigenvalue weighted by atomic mass is 127. The van der Waals surface area contributed by atoms with E-state index in [0.717, 1.165) is 18.0 Å². The lowest BCUT2D eigenvalue weighted by Crippen LogP contribution is -2.26. The van der Waals surface area contributed by atoms with Crippen LogP contribution in [0.1, 0.15) is 34.9 Å². The van der Waals surface area contributed by atoms with Crippen LogP contribution in [-0.2, 0) is 12.8 Å². The van der Waals surface area contributed by atoms with E-state index in [9.17, 15) is 0 Å². The van der Waals surface area contributed by atoms with Crippen LogP contribution in [0.2, 0.25) is 5.02 Å². The summed E-state index contributed by atoms with van der Waals surface area (Å²) in [5.74, 6) is 0. The molecular formula is C16H17ClINS. The Labute approximate surface area is 142 Å². The minimum atomic E-state index is 0.547. The summed E-state index contributed by atoms with van der Waals surface area (Å²) >= 11 is 10.3. The topological polar surface area (TPSA) is 12.0 Å². The fourth-order valence-corrected chi connectivity index (χ4v) is 5.02. The molecule has 1 aromatic carbocycles. The lowest BCUT2D eigenvalue weighted by Gasteiger charge is -2.23. The summed E-state index contributed by atoms with van der Waals surface area (Å²) in [6.45, 7) is 1.03. The van der Waals surface area contributed by atoms with Crippen molar-refractivity contribution in [2.24, 2.45) is 0 Å². The average molecular weight is 418 g/mol. The number of hydrogen-bond acceptors (Lipinski definition) is 2. The predicted octanol–water partition coefficient (Wildman–Crippen LogP) is 5.22. The van der Waals surface area contributed by atoms with Crippen LogP contribution < -0.4 is 5.32 Å². The van der Waals surface area contributed by atoms with E-state index < -0.39 is 0 Å². The Morgan fingerprint density at radius 3 is 2.90 bits per heavy atom. The van der Waals surface area contributed by atoms with E-state index in [-0.39, 0.29) is 0 Å². The van der Waals surface area contributed by atoms with Gasteiger partial charge in [-0.25, -0.2) is 0 Å². The highest BCUT2D eigenvalue weighted by Crippen LogP contribution is 2.36. The van der Waals surface area contributed by atoms with Crippen molar-refractivity contribution in [2.45, 2.75) is 31.7 Å². The molecule has 3 rings (SSSR count). The molecule has 20 heavy (non-hydrogen) atoms. The summed E-state index contributed by atoms with van der Waals surface area (Å²) < 4.78 is 1.42. The first-order valence-corrected chi connectivity index (χ1v) is 9.25. The van der Waals surface area contributed by atoms with Gasteiger partial charge < -0.3 is 5.32 Å². The minimum Gasteiger partial charge on any atom is -0.310 e. The van der Waals surface area contributed by atoms with Gasteiger partial charge in [0, 0.05) is 15.9 Å². The van der Waals surface area contributed by atoms with Crippen molar-refractivity contribution in [1.29, 1.82) is 0 Å². The Bertz CT molecular complexity index is 579.